The number of hydrogen-bond acceptors (Lipinski definition) is 3. The molecule has 0 saturated carbocycles. The quantitative estimate of drug-likeness (QED) is 0.723. The number of para-hydroxylation sites is 3. The van der Waals surface area contributed by atoms with Gasteiger partial charge in [-0.2, -0.15) is 0 Å². The number of nitrogens with zero attached hydrogens (tertiary/aromatic N) is 1. The van der Waals surface area contributed by atoms with E-state index >= 15 is 0 Å². The Bertz CT molecular complexity index is 733. The Hall–Kier alpha value is -2.14. The minimum atomic E-state index is -1.15. The van der Waals surface area contributed by atoms with Gasteiger partial charge in [0.25, 0.3) is 0 Å². The minimum absolute atomic E-state index is 0.508. The minimum Gasteiger partial charge on any atom is -0.399 e. The second kappa shape index (κ2) is 5.46. The number of anilines is 1. The number of fused-ring (bicyclic) bond motifs is 1. The smallest absolute Gasteiger partial charge is 0.197 e. The summed E-state index contributed by atoms with van der Waals surface area (Å²) in [5.41, 5.74) is 9.41. The molecular weight excluding hydrogens is 270 g/mol. The summed E-state index contributed by atoms with van der Waals surface area (Å²) in [5, 5.41) is 0.528. The number of aryl methyl sites for hydroxylation is 1. The maximum absolute atomic E-state index is 12.3. The Labute approximate surface area is 119 Å². The van der Waals surface area contributed by atoms with Crippen LogP contribution in [0.15, 0.2) is 53.7 Å². The van der Waals surface area contributed by atoms with Gasteiger partial charge in [-0.1, -0.05) is 30.3 Å². The largest absolute Gasteiger partial charge is 0.399 e. The van der Waals surface area contributed by atoms with Crippen LogP contribution in [-0.2, 0) is 17.2 Å². The molecule has 0 amide bonds. The summed E-state index contributed by atoms with van der Waals surface area (Å²) in [4.78, 5) is 7.46. The highest BCUT2D eigenvalue weighted by Crippen LogP contribution is 2.15. The first-order valence-corrected chi connectivity index (χ1v) is 7.72. The number of imidazole rings is 1. The monoisotopic (exact) mass is 285 g/mol. The standard InChI is InChI=1S/C15H15N3OS/c16-12-6-2-1-5-11(12)9-10-20(19)15-17-13-7-3-4-8-14(13)18-15/h1-8H,9-10,16H2,(H,17,18). The van der Waals surface area contributed by atoms with E-state index in [2.05, 4.69) is 9.97 Å². The van der Waals surface area contributed by atoms with E-state index in [4.69, 9.17) is 5.73 Å². The predicted octanol–water partition coefficient (Wildman–Crippen LogP) is 2.50. The predicted molar refractivity (Wildman–Crippen MR) is 81.9 cm³/mol. The van der Waals surface area contributed by atoms with Crippen molar-refractivity contribution in [3.05, 3.63) is 54.1 Å². The van der Waals surface area contributed by atoms with Crippen molar-refractivity contribution in [2.45, 2.75) is 11.6 Å². The third-order valence-electron chi connectivity index (χ3n) is 3.20. The van der Waals surface area contributed by atoms with E-state index in [1.165, 1.54) is 0 Å². The Morgan fingerprint density at radius 1 is 1.10 bits per heavy atom. The van der Waals surface area contributed by atoms with Crippen LogP contribution in [-0.4, -0.2) is 19.9 Å². The lowest BCUT2D eigenvalue weighted by molar-refractivity contribution is 0.677. The molecule has 1 unspecified atom stereocenters. The molecular formula is C15H15N3OS. The van der Waals surface area contributed by atoms with Crippen LogP contribution in [0.4, 0.5) is 5.69 Å². The van der Waals surface area contributed by atoms with Crippen LogP contribution in [0.3, 0.4) is 0 Å². The summed E-state index contributed by atoms with van der Waals surface area (Å²) in [6.45, 7) is 0. The van der Waals surface area contributed by atoms with Gasteiger partial charge in [0.15, 0.2) is 5.16 Å². The number of H-pyrrole nitrogens is 1. The zero-order chi connectivity index (χ0) is 13.9. The van der Waals surface area contributed by atoms with Crippen LogP contribution in [0.1, 0.15) is 5.56 Å². The van der Waals surface area contributed by atoms with Crippen molar-refractivity contribution in [1.82, 2.24) is 9.97 Å². The number of hydrogen-bond donors (Lipinski definition) is 2. The van der Waals surface area contributed by atoms with E-state index < -0.39 is 10.8 Å². The van der Waals surface area contributed by atoms with Gasteiger partial charge in [-0.25, -0.2) is 4.98 Å². The van der Waals surface area contributed by atoms with Crippen LogP contribution >= 0.6 is 0 Å². The summed E-state index contributed by atoms with van der Waals surface area (Å²) >= 11 is 0. The van der Waals surface area contributed by atoms with Crippen molar-refractivity contribution in [2.24, 2.45) is 0 Å². The summed E-state index contributed by atoms with van der Waals surface area (Å²) in [5.74, 6) is 0.508. The van der Waals surface area contributed by atoms with E-state index in [9.17, 15) is 4.21 Å². The number of nitrogen functional groups attached to an aromatic ring is 1. The molecule has 1 aromatic heterocycles. The molecule has 0 radical (unpaired) electrons. The van der Waals surface area contributed by atoms with Gasteiger partial charge in [-0.3, -0.25) is 4.21 Å². The molecule has 0 fully saturated rings. The van der Waals surface area contributed by atoms with E-state index in [1.54, 1.807) is 0 Å². The van der Waals surface area contributed by atoms with Crippen LogP contribution in [0.2, 0.25) is 0 Å². The average molecular weight is 285 g/mol. The van der Waals surface area contributed by atoms with Gasteiger partial charge in [0.2, 0.25) is 0 Å². The van der Waals surface area contributed by atoms with Crippen molar-refractivity contribution in [3.63, 3.8) is 0 Å². The van der Waals surface area contributed by atoms with Crippen LogP contribution < -0.4 is 5.73 Å². The molecule has 20 heavy (non-hydrogen) atoms. The number of aromatic nitrogens is 2. The van der Waals surface area contributed by atoms with Gasteiger partial charge in [0, 0.05) is 11.4 Å². The second-order valence-electron chi connectivity index (χ2n) is 4.56. The number of aromatic amines is 1. The van der Waals surface area contributed by atoms with Gasteiger partial charge in [-0.05, 0) is 30.2 Å². The van der Waals surface area contributed by atoms with E-state index in [0.717, 1.165) is 22.3 Å². The van der Waals surface area contributed by atoms with Gasteiger partial charge >= 0.3 is 0 Å². The number of nitrogens with one attached hydrogen (secondary N) is 1. The van der Waals surface area contributed by atoms with Crippen LogP contribution in [0.5, 0.6) is 0 Å². The molecule has 0 saturated heterocycles. The molecule has 1 heterocycles. The first-order valence-electron chi connectivity index (χ1n) is 6.40. The van der Waals surface area contributed by atoms with E-state index in [0.29, 0.717) is 17.3 Å². The summed E-state index contributed by atoms with van der Waals surface area (Å²) < 4.78 is 12.3. The third kappa shape index (κ3) is 2.58. The average Bonchev–Trinajstić information content (AvgIpc) is 2.90. The molecule has 5 heteroatoms. The Morgan fingerprint density at radius 3 is 2.65 bits per heavy atom. The lowest BCUT2D eigenvalue weighted by Crippen LogP contribution is -2.05. The molecule has 3 rings (SSSR count). The van der Waals surface area contributed by atoms with E-state index in [1.807, 2.05) is 48.5 Å². The Balaban J connectivity index is 1.75. The molecule has 0 spiro atoms. The summed E-state index contributed by atoms with van der Waals surface area (Å²) in [6, 6.07) is 15.3. The first-order chi connectivity index (χ1) is 9.74. The van der Waals surface area contributed by atoms with Crippen molar-refractivity contribution >= 4 is 27.5 Å². The van der Waals surface area contributed by atoms with E-state index in [-0.39, 0.29) is 0 Å². The van der Waals surface area contributed by atoms with Crippen molar-refractivity contribution < 1.29 is 4.21 Å². The molecule has 0 aliphatic rings. The molecule has 102 valence electrons. The summed E-state index contributed by atoms with van der Waals surface area (Å²) in [6.07, 6.45) is 0.677. The van der Waals surface area contributed by atoms with Crippen molar-refractivity contribution in [2.75, 3.05) is 11.5 Å². The van der Waals surface area contributed by atoms with Gasteiger partial charge < -0.3 is 10.7 Å². The third-order valence-corrected chi connectivity index (χ3v) is 4.39. The van der Waals surface area contributed by atoms with Crippen molar-refractivity contribution in [1.29, 1.82) is 0 Å². The van der Waals surface area contributed by atoms with Crippen LogP contribution in [0.25, 0.3) is 11.0 Å². The summed E-state index contributed by atoms with van der Waals surface area (Å²) in [7, 11) is -1.15. The fourth-order valence-corrected chi connectivity index (χ4v) is 3.12. The Kier molecular flexibility index (Phi) is 3.52. The van der Waals surface area contributed by atoms with Gasteiger partial charge in [0.1, 0.15) is 0 Å². The molecule has 3 aromatic rings. The Morgan fingerprint density at radius 2 is 1.85 bits per heavy atom. The van der Waals surface area contributed by atoms with Crippen LogP contribution in [0, 0.1) is 0 Å². The first kappa shape index (κ1) is 12.9. The zero-order valence-corrected chi connectivity index (χ0v) is 11.7. The van der Waals surface area contributed by atoms with Gasteiger partial charge in [-0.15, -0.1) is 0 Å². The molecule has 2 aromatic carbocycles. The topological polar surface area (TPSA) is 71.8 Å². The molecule has 0 bridgehead atoms. The van der Waals surface area contributed by atoms with Gasteiger partial charge in [0.05, 0.1) is 21.8 Å². The molecule has 1 atom stereocenters. The second-order valence-corrected chi connectivity index (χ2v) is 6.04. The lowest BCUT2D eigenvalue weighted by Gasteiger charge is -2.03. The maximum atomic E-state index is 12.3. The lowest BCUT2D eigenvalue weighted by atomic mass is 10.1. The molecule has 3 N–H and O–H groups in total. The fourth-order valence-electron chi connectivity index (χ4n) is 2.10. The highest BCUT2D eigenvalue weighted by molar-refractivity contribution is 7.84. The van der Waals surface area contributed by atoms with Crippen molar-refractivity contribution in [3.8, 4) is 0 Å². The highest BCUT2D eigenvalue weighted by Gasteiger charge is 2.10. The zero-order valence-electron chi connectivity index (χ0n) is 10.9. The molecule has 0 aliphatic carbocycles. The maximum Gasteiger partial charge on any atom is 0.197 e. The molecule has 4 nitrogen and oxygen atoms in total. The SMILES string of the molecule is Nc1ccccc1CCS(=O)c1nc2ccccc2[nH]1. The highest BCUT2D eigenvalue weighted by atomic mass is 32.2. The number of rotatable bonds is 4. The number of nitrogens with two attached hydrogens (primary N) is 1. The number of benzene rings is 2. The normalized spacial score (nSPS) is 12.6. The molecule has 0 aliphatic heterocycles. The fraction of sp³-hybridized carbons (Fsp3) is 0.133.